The molecule has 2 aromatic heterocycles. The lowest BCUT2D eigenvalue weighted by Gasteiger charge is -2.21. The van der Waals surface area contributed by atoms with Crippen molar-refractivity contribution in [2.45, 2.75) is 52.0 Å². The van der Waals surface area contributed by atoms with E-state index in [0.29, 0.717) is 28.6 Å². The van der Waals surface area contributed by atoms with E-state index in [1.807, 2.05) is 51.1 Å². The number of carboxylic acid groups (broad SMARTS) is 1. The van der Waals surface area contributed by atoms with Crippen LogP contribution in [0.4, 0.5) is 5.82 Å². The number of fused-ring (bicyclic) bond motifs is 1. The highest BCUT2D eigenvalue weighted by atomic mass is 32.2. The van der Waals surface area contributed by atoms with Gasteiger partial charge in [-0.1, -0.05) is 24.3 Å². The van der Waals surface area contributed by atoms with Gasteiger partial charge in [0, 0.05) is 19.2 Å². The number of sulfonamides is 1. The number of H-pyrrole nitrogens is 1. The molecule has 0 radical (unpaired) electrons. The molecule has 2 aromatic carbocycles. The Kier molecular flexibility index (Phi) is 8.69. The first kappa shape index (κ1) is 29.6. The van der Waals surface area contributed by atoms with Crippen molar-refractivity contribution in [3.05, 3.63) is 98.2 Å². The van der Waals surface area contributed by atoms with Gasteiger partial charge in [0.25, 0.3) is 5.56 Å². The van der Waals surface area contributed by atoms with Crippen molar-refractivity contribution >= 4 is 38.8 Å². The van der Waals surface area contributed by atoms with Gasteiger partial charge >= 0.3 is 5.97 Å². The number of hydrogen-bond donors (Lipinski definition) is 4. The van der Waals surface area contributed by atoms with Gasteiger partial charge in [-0.3, -0.25) is 9.59 Å². The summed E-state index contributed by atoms with van der Waals surface area (Å²) in [6.07, 6.45) is 5.11. The molecule has 0 aliphatic carbocycles. The van der Waals surface area contributed by atoms with Crippen LogP contribution in [0.5, 0.6) is 0 Å². The monoisotopic (exact) mass is 575 g/mol. The van der Waals surface area contributed by atoms with Crippen molar-refractivity contribution in [3.63, 3.8) is 0 Å². The Balaban J connectivity index is 1.55. The molecule has 4 aromatic rings. The lowest BCUT2D eigenvalue weighted by molar-refractivity contribution is -0.139. The molecule has 0 aliphatic rings. The minimum atomic E-state index is -4.20. The second-order valence-electron chi connectivity index (χ2n) is 9.96. The topological polar surface area (TPSA) is 154 Å². The third-order valence-electron chi connectivity index (χ3n) is 7.35. The molecule has 41 heavy (non-hydrogen) atoms. The largest absolute Gasteiger partial charge is 0.480 e. The Labute approximate surface area is 238 Å². The summed E-state index contributed by atoms with van der Waals surface area (Å²) in [7, 11) is -4.20. The summed E-state index contributed by atoms with van der Waals surface area (Å²) in [5.74, 6) is -0.572. The van der Waals surface area contributed by atoms with Crippen molar-refractivity contribution in [1.29, 1.82) is 0 Å². The minimum Gasteiger partial charge on any atom is -0.480 e. The molecule has 2 heterocycles. The van der Waals surface area contributed by atoms with Crippen molar-refractivity contribution in [2.75, 3.05) is 11.9 Å². The predicted octanol–water partition coefficient (Wildman–Crippen LogP) is 3.96. The number of rotatable bonds is 10. The molecule has 0 saturated carbocycles. The van der Waals surface area contributed by atoms with Gasteiger partial charge in [-0.25, -0.2) is 18.4 Å². The first-order valence-corrected chi connectivity index (χ1v) is 14.5. The molecule has 214 valence electrons. The molecule has 0 aliphatic heterocycles. The van der Waals surface area contributed by atoms with E-state index >= 15 is 0 Å². The smallest absolute Gasteiger partial charge is 0.322 e. The highest BCUT2D eigenvalue weighted by Gasteiger charge is 2.30. The number of aromatic nitrogens is 3. The summed E-state index contributed by atoms with van der Waals surface area (Å²) in [6.45, 7) is 9.57. The van der Waals surface area contributed by atoms with Crippen LogP contribution in [0.1, 0.15) is 39.2 Å². The van der Waals surface area contributed by atoms with E-state index in [9.17, 15) is 23.1 Å². The second-order valence-corrected chi connectivity index (χ2v) is 11.6. The average Bonchev–Trinajstić information content (AvgIpc) is 2.93. The van der Waals surface area contributed by atoms with Crippen LogP contribution >= 0.6 is 0 Å². The van der Waals surface area contributed by atoms with Crippen LogP contribution in [0.15, 0.2) is 58.4 Å². The number of nitrogens with zero attached hydrogens (tertiary/aromatic N) is 2. The van der Waals surface area contributed by atoms with Crippen LogP contribution in [0.25, 0.3) is 17.0 Å². The Morgan fingerprint density at radius 3 is 2.34 bits per heavy atom. The lowest BCUT2D eigenvalue weighted by atomic mass is 9.95. The summed E-state index contributed by atoms with van der Waals surface area (Å²) in [5.41, 5.74) is 4.50. The first-order valence-electron chi connectivity index (χ1n) is 13.1. The Morgan fingerprint density at radius 2 is 1.71 bits per heavy atom. The maximum Gasteiger partial charge on any atom is 0.322 e. The van der Waals surface area contributed by atoms with Gasteiger partial charge in [-0.2, -0.15) is 4.72 Å². The fourth-order valence-corrected chi connectivity index (χ4v) is 6.51. The highest BCUT2D eigenvalue weighted by molar-refractivity contribution is 7.89. The average molecular weight is 576 g/mol. The third kappa shape index (κ3) is 6.53. The van der Waals surface area contributed by atoms with Crippen LogP contribution < -0.4 is 15.6 Å². The summed E-state index contributed by atoms with van der Waals surface area (Å²) in [4.78, 5) is 36.3. The fourth-order valence-electron chi connectivity index (χ4n) is 4.72. The van der Waals surface area contributed by atoms with Gasteiger partial charge in [0.15, 0.2) is 0 Å². The van der Waals surface area contributed by atoms with Crippen LogP contribution in [0, 0.1) is 34.6 Å². The van der Waals surface area contributed by atoms with E-state index in [1.165, 1.54) is 0 Å². The summed E-state index contributed by atoms with van der Waals surface area (Å²) in [5, 5.41) is 13.4. The molecule has 0 amide bonds. The lowest BCUT2D eigenvalue weighted by Crippen LogP contribution is -2.43. The van der Waals surface area contributed by atoms with Crippen LogP contribution in [-0.2, 0) is 21.2 Å². The molecule has 0 bridgehead atoms. The van der Waals surface area contributed by atoms with Gasteiger partial charge in [-0.15, -0.1) is 0 Å². The molecule has 0 unspecified atom stereocenters. The fraction of sp³-hybridized carbons (Fsp3) is 0.267. The maximum absolute atomic E-state index is 13.4. The Morgan fingerprint density at radius 1 is 1.02 bits per heavy atom. The molecule has 10 nitrogen and oxygen atoms in total. The summed E-state index contributed by atoms with van der Waals surface area (Å²) < 4.78 is 29.2. The summed E-state index contributed by atoms with van der Waals surface area (Å²) in [6, 6.07) is 9.19. The van der Waals surface area contributed by atoms with E-state index in [1.54, 1.807) is 38.2 Å². The van der Waals surface area contributed by atoms with Gasteiger partial charge < -0.3 is 15.4 Å². The molecule has 0 spiro atoms. The molecule has 1 atom stereocenters. The van der Waals surface area contributed by atoms with Crippen molar-refractivity contribution < 1.29 is 18.3 Å². The SMILES string of the molecule is Cc1c(C)c(C)c(S(=O)(=O)N[C@@H](Cc2nc3ccc(/C=C/CNc4ccccn4)cc3c(=O)[nH]2)C(=O)O)c(C)c1C. The number of hydrogen-bond acceptors (Lipinski definition) is 7. The quantitative estimate of drug-likeness (QED) is 0.222. The van der Waals surface area contributed by atoms with Gasteiger partial charge in [0.2, 0.25) is 10.0 Å². The number of aliphatic carboxylic acids is 1. The summed E-state index contributed by atoms with van der Waals surface area (Å²) >= 11 is 0. The van der Waals surface area contributed by atoms with E-state index in [0.717, 1.165) is 28.1 Å². The van der Waals surface area contributed by atoms with E-state index < -0.39 is 27.6 Å². The molecule has 4 rings (SSSR count). The van der Waals surface area contributed by atoms with Crippen molar-refractivity contribution in [1.82, 2.24) is 19.7 Å². The zero-order valence-corrected chi connectivity index (χ0v) is 24.4. The van der Waals surface area contributed by atoms with Crippen molar-refractivity contribution in [2.24, 2.45) is 0 Å². The molecule has 4 N–H and O–H groups in total. The zero-order valence-electron chi connectivity index (χ0n) is 23.6. The molecule has 11 heteroatoms. The van der Waals surface area contributed by atoms with Crippen LogP contribution in [0.2, 0.25) is 0 Å². The van der Waals surface area contributed by atoms with Crippen molar-refractivity contribution in [3.8, 4) is 0 Å². The standard InChI is InChI=1S/C30H33N5O5S/c1-17-18(2)20(4)28(21(5)19(17)3)41(39,40)35-25(30(37)38)16-27-33-24-12-11-22(15-23(24)29(36)34-27)9-8-14-32-26-10-6-7-13-31-26/h6-13,15,25,35H,14,16H2,1-5H3,(H,31,32)(H,37,38)(H,33,34,36)/b9-8+/t25-/m0/s1. The maximum atomic E-state index is 13.4. The van der Waals surface area contributed by atoms with Crippen LogP contribution in [0.3, 0.4) is 0 Å². The van der Waals surface area contributed by atoms with E-state index in [2.05, 4.69) is 25.0 Å². The number of carbonyl (C=O) groups is 1. The molecule has 0 fully saturated rings. The van der Waals surface area contributed by atoms with Gasteiger partial charge in [-0.05, 0) is 92.3 Å². The Hall–Kier alpha value is -4.35. The first-order chi connectivity index (χ1) is 19.4. The zero-order chi connectivity index (χ0) is 29.9. The number of carboxylic acids is 1. The second kappa shape index (κ2) is 12.0. The van der Waals surface area contributed by atoms with E-state index in [-0.39, 0.29) is 17.1 Å². The molecule has 0 saturated heterocycles. The highest BCUT2D eigenvalue weighted by Crippen LogP contribution is 2.29. The van der Waals surface area contributed by atoms with Gasteiger partial charge in [0.1, 0.15) is 17.7 Å². The predicted molar refractivity (Wildman–Crippen MR) is 160 cm³/mol. The number of aromatic amines is 1. The number of nitrogens with one attached hydrogen (secondary N) is 3. The number of anilines is 1. The Bertz CT molecular complexity index is 1790. The normalized spacial score (nSPS) is 12.6. The number of pyridine rings is 1. The number of benzene rings is 2. The van der Waals surface area contributed by atoms with E-state index in [4.69, 9.17) is 0 Å². The van der Waals surface area contributed by atoms with Gasteiger partial charge in [0.05, 0.1) is 15.8 Å². The molecular formula is C30H33N5O5S. The minimum absolute atomic E-state index is 0.0603. The molecular weight excluding hydrogens is 542 g/mol. The third-order valence-corrected chi connectivity index (χ3v) is 9.09. The van der Waals surface area contributed by atoms with Crippen LogP contribution in [-0.4, -0.2) is 47.0 Å².